The van der Waals surface area contributed by atoms with Gasteiger partial charge in [0.15, 0.2) is 6.29 Å². The summed E-state index contributed by atoms with van der Waals surface area (Å²) < 4.78 is 3.17. The van der Waals surface area contributed by atoms with Crippen molar-refractivity contribution in [1.29, 1.82) is 0 Å². The van der Waals surface area contributed by atoms with E-state index in [1.54, 1.807) is 0 Å². The molecule has 0 heterocycles. The molecule has 17 heavy (non-hydrogen) atoms. The fourth-order valence-corrected chi connectivity index (χ4v) is 0. The van der Waals surface area contributed by atoms with Gasteiger partial charge >= 0.3 is 6.29 Å². The van der Waals surface area contributed by atoms with Crippen LogP contribution in [0.25, 0.3) is 0 Å². The Morgan fingerprint density at radius 2 is 1.35 bits per heavy atom. The van der Waals surface area contributed by atoms with E-state index in [0.717, 1.165) is 12.6 Å². The van der Waals surface area contributed by atoms with E-state index in [2.05, 4.69) is 9.46 Å². The molecule has 0 aromatic carbocycles. The molecule has 0 aliphatic carbocycles. The van der Waals surface area contributed by atoms with Crippen molar-refractivity contribution in [2.24, 2.45) is 0 Å². The number of aliphatic hydroxyl groups is 1. The van der Waals surface area contributed by atoms with E-state index in [-0.39, 0.29) is 35.2 Å². The average molecular weight is 264 g/mol. The van der Waals surface area contributed by atoms with Crippen LogP contribution in [-0.4, -0.2) is 34.7 Å². The predicted octanol–water partition coefficient (Wildman–Crippen LogP) is 0.755. The van der Waals surface area contributed by atoms with Gasteiger partial charge in [-0.05, 0) is 13.8 Å². The van der Waals surface area contributed by atoms with Crippen LogP contribution in [0.1, 0.15) is 50.5 Å². The Morgan fingerprint density at radius 1 is 1.24 bits per heavy atom. The summed E-state index contributed by atoms with van der Waals surface area (Å²) in [7, 11) is 0. The molecule has 0 saturated carbocycles. The van der Waals surface area contributed by atoms with E-state index in [9.17, 15) is 0 Å². The van der Waals surface area contributed by atoms with Gasteiger partial charge in [-0.1, -0.05) is 29.7 Å². The van der Waals surface area contributed by atoms with Crippen LogP contribution in [0.4, 0.5) is 0 Å². The Labute approximate surface area is 106 Å². The second kappa shape index (κ2) is 81.9. The third-order valence-electron chi connectivity index (χ3n) is 0.249. The second-order valence-electron chi connectivity index (χ2n) is 1.27. The van der Waals surface area contributed by atoms with Gasteiger partial charge in [0.1, 0.15) is 6.29 Å². The molecule has 0 aliphatic rings. The monoisotopic (exact) mass is 264 g/mol. The molecule has 0 spiro atoms. The largest absolute Gasteiger partial charge is 0.463 e. The zero-order chi connectivity index (χ0) is 10.4. The highest BCUT2D eigenvalue weighted by Gasteiger charge is 1.83. The van der Waals surface area contributed by atoms with Crippen LogP contribution in [0.15, 0.2) is 0 Å². The number of rotatable bonds is 1. The molecule has 7 nitrogen and oxygen atoms in total. The lowest BCUT2D eigenvalue weighted by molar-refractivity contribution is -1.04. The third-order valence-corrected chi connectivity index (χ3v) is 0.249. The zero-order valence-corrected chi connectivity index (χ0v) is 7.76. The summed E-state index contributed by atoms with van der Waals surface area (Å²) in [5, 5.41) is 24.0. The molecule has 0 aromatic rings. The number of carbonyl (C=O) groups is 1. The van der Waals surface area contributed by atoms with Crippen molar-refractivity contribution in [2.45, 2.75) is 56.8 Å². The lowest BCUT2D eigenvalue weighted by Crippen LogP contribution is -2.00. The van der Waals surface area contributed by atoms with Gasteiger partial charge in [0.05, 0.1) is 0 Å². The molecule has 0 fully saturated rings. The molecule has 0 radical (unpaired) electrons. The summed E-state index contributed by atoms with van der Waals surface area (Å²) in [5.41, 5.74) is 0. The Hall–Kier alpha value is -1.02. The van der Waals surface area contributed by atoms with Crippen molar-refractivity contribution >= 4 is 12.6 Å². The van der Waals surface area contributed by atoms with Gasteiger partial charge in [0.2, 0.25) is 0 Å². The molecule has 7 heteroatoms. The van der Waals surface area contributed by atoms with Gasteiger partial charge in [0.25, 0.3) is 0 Å². The number of hydrogen-bond donors (Lipinski definition) is 2. The molecular formula is C10H32O7. The Bertz CT molecular complexity index is 90.7. The topological polar surface area (TPSA) is 133 Å². The maximum atomic E-state index is 8.81. The molecule has 114 valence electrons. The molecule has 0 aromatic heterocycles. The molecule has 1 unspecified atom stereocenters. The minimum absolute atomic E-state index is 0. The Balaban J connectivity index is -0.0000000106. The quantitative estimate of drug-likeness (QED) is 0.237. The maximum Gasteiger partial charge on any atom is 0.315 e. The molecule has 0 bridgehead atoms. The van der Waals surface area contributed by atoms with Crippen LogP contribution < -0.4 is 5.26 Å². The first kappa shape index (κ1) is 56.3. The van der Waals surface area contributed by atoms with Crippen LogP contribution in [0.2, 0.25) is 0 Å². The minimum Gasteiger partial charge on any atom is -0.463 e. The van der Waals surface area contributed by atoms with Crippen molar-refractivity contribution in [3.05, 3.63) is 0 Å². The fraction of sp³-hybridized carbons (Fsp3) is 0.800. The second-order valence-corrected chi connectivity index (χ2v) is 1.27. The first-order valence-corrected chi connectivity index (χ1v) is 3.05. The van der Waals surface area contributed by atoms with Gasteiger partial charge in [-0.3, -0.25) is 0 Å². The molecule has 4 N–H and O–H groups in total. The summed E-state index contributed by atoms with van der Waals surface area (Å²) in [6.07, 6.45) is 0.759. The number of aldehydes is 2. The molecule has 0 aliphatic heterocycles. The highest BCUT2D eigenvalue weighted by Crippen LogP contribution is 1.71. The van der Waals surface area contributed by atoms with Crippen LogP contribution in [-0.2, 0) is 14.3 Å². The third kappa shape index (κ3) is 644. The summed E-state index contributed by atoms with van der Waals surface area (Å²) >= 11 is 0. The summed E-state index contributed by atoms with van der Waals surface area (Å²) in [6.45, 7) is 4.27. The fourth-order valence-electron chi connectivity index (χ4n) is 0. The first-order valence-electron chi connectivity index (χ1n) is 3.05. The zero-order valence-electron chi connectivity index (χ0n) is 7.76. The smallest absolute Gasteiger partial charge is 0.315 e. The van der Waals surface area contributed by atoms with E-state index in [0.29, 0.717) is 0 Å². The molecule has 0 rings (SSSR count). The lowest BCUT2D eigenvalue weighted by Gasteiger charge is -1.90. The minimum atomic E-state index is -1.06. The molecule has 1 atom stereocenters. The van der Waals surface area contributed by atoms with Crippen LogP contribution in [0.3, 0.4) is 0 Å². The predicted molar refractivity (Wildman–Crippen MR) is 69.4 cm³/mol. The molecule has 0 saturated heterocycles. The Morgan fingerprint density at radius 3 is 1.35 bits per heavy atom. The SMILES string of the molecule is C.C.C.C.CC(O)OO.CC=O.CC=[O+][O-].O. The highest BCUT2D eigenvalue weighted by atomic mass is 17.1. The van der Waals surface area contributed by atoms with Crippen molar-refractivity contribution in [3.8, 4) is 0 Å². The maximum absolute atomic E-state index is 8.81. The normalized spacial score (nSPS) is 7.35. The van der Waals surface area contributed by atoms with Crippen molar-refractivity contribution in [1.82, 2.24) is 0 Å². The number of aliphatic hydroxyl groups excluding tert-OH is 1. The van der Waals surface area contributed by atoms with E-state index >= 15 is 0 Å². The van der Waals surface area contributed by atoms with Gasteiger partial charge in [-0.15, -0.1) is 0 Å². The number of carbonyl (C=O) groups excluding carboxylic acids is 2. The van der Waals surface area contributed by atoms with E-state index in [1.165, 1.54) is 20.8 Å². The van der Waals surface area contributed by atoms with E-state index in [1.807, 2.05) is 0 Å². The lowest BCUT2D eigenvalue weighted by atomic mass is 10.8. The van der Waals surface area contributed by atoms with Crippen molar-refractivity contribution in [3.63, 3.8) is 0 Å². The highest BCUT2D eigenvalue weighted by molar-refractivity contribution is 5.44. The standard InChI is InChI=1S/C2H6O3.C2H4O2.C2H4O.4CH4.H2O/c1-2(3)5-4;1-2-4-3;1-2-3;;;;;/h2-4H,1H3;2H,1H3;2H,1H3;4*1H4;1H2. The van der Waals surface area contributed by atoms with Crippen molar-refractivity contribution in [2.75, 3.05) is 0 Å². The summed E-state index contributed by atoms with van der Waals surface area (Å²) in [6, 6.07) is 0. The van der Waals surface area contributed by atoms with Crippen molar-refractivity contribution < 1.29 is 35.4 Å². The van der Waals surface area contributed by atoms with Gasteiger partial charge in [-0.25, -0.2) is 10.1 Å². The first-order chi connectivity index (χ1) is 5.60. The van der Waals surface area contributed by atoms with Gasteiger partial charge < -0.3 is 20.6 Å². The van der Waals surface area contributed by atoms with E-state index in [4.69, 9.17) is 20.4 Å². The van der Waals surface area contributed by atoms with Gasteiger partial charge in [0, 0.05) is 6.92 Å². The van der Waals surface area contributed by atoms with Crippen LogP contribution >= 0.6 is 0 Å². The van der Waals surface area contributed by atoms with Gasteiger partial charge in [-0.2, -0.15) is 4.58 Å². The molecule has 0 amide bonds. The number of hydrogen-bond acceptors (Lipinski definition) is 5. The van der Waals surface area contributed by atoms with Crippen LogP contribution in [0.5, 0.6) is 0 Å². The molecular weight excluding hydrogens is 232 g/mol. The van der Waals surface area contributed by atoms with E-state index < -0.39 is 6.29 Å². The Kier molecular flexibility index (Phi) is 271. The summed E-state index contributed by atoms with van der Waals surface area (Å²) in [5.74, 6) is 0. The average Bonchev–Trinajstić information content (AvgIpc) is 2.06. The summed E-state index contributed by atoms with van der Waals surface area (Å²) in [4.78, 5) is 12.1. The van der Waals surface area contributed by atoms with Crippen LogP contribution in [0, 0.1) is 0 Å².